The van der Waals surface area contributed by atoms with E-state index in [1.165, 1.54) is 18.4 Å². The molecular weight excluding hydrogens is 260 g/mol. The summed E-state index contributed by atoms with van der Waals surface area (Å²) in [5.41, 5.74) is 4.96. The van der Waals surface area contributed by atoms with E-state index in [-0.39, 0.29) is 0 Å². The molecule has 0 fully saturated rings. The van der Waals surface area contributed by atoms with Gasteiger partial charge in [-0.2, -0.15) is 0 Å². The summed E-state index contributed by atoms with van der Waals surface area (Å²) in [4.78, 5) is 23.3. The lowest BCUT2D eigenvalue weighted by Crippen LogP contribution is -2.40. The van der Waals surface area contributed by atoms with Crippen molar-refractivity contribution in [2.24, 2.45) is 0 Å². The summed E-state index contributed by atoms with van der Waals surface area (Å²) in [5, 5.41) is 0. The lowest BCUT2D eigenvalue weighted by molar-refractivity contribution is -0.117. The smallest absolute Gasteiger partial charge is 0.273 e. The topological polar surface area (TPSA) is 84.5 Å². The molecule has 104 valence electrons. The van der Waals surface area contributed by atoms with Gasteiger partial charge in [-0.15, -0.1) is 0 Å². The van der Waals surface area contributed by atoms with Gasteiger partial charge in [-0.25, -0.2) is 0 Å². The van der Waals surface area contributed by atoms with Crippen LogP contribution >= 0.6 is 0 Å². The van der Waals surface area contributed by atoms with Gasteiger partial charge in [-0.05, 0) is 38.1 Å². The Bertz CT molecular complexity index is 638. The highest BCUT2D eigenvalue weighted by Gasteiger charge is 2.13. The van der Waals surface area contributed by atoms with E-state index in [0.717, 1.165) is 0 Å². The Hall–Kier alpha value is -2.76. The molecule has 0 aromatic carbocycles. The van der Waals surface area contributed by atoms with Crippen molar-refractivity contribution in [3.8, 4) is 0 Å². The zero-order chi connectivity index (χ0) is 14.5. The summed E-state index contributed by atoms with van der Waals surface area (Å²) in [6.45, 7) is 3.43. The minimum atomic E-state index is -0.465. The number of aryl methyl sites for hydroxylation is 2. The van der Waals surface area contributed by atoms with Crippen molar-refractivity contribution in [1.82, 2.24) is 10.9 Å². The molecule has 2 rings (SSSR count). The van der Waals surface area contributed by atoms with E-state index >= 15 is 0 Å². The first-order chi connectivity index (χ1) is 9.56. The summed E-state index contributed by atoms with van der Waals surface area (Å²) in [6.07, 6.45) is 4.25. The molecule has 2 aromatic rings. The van der Waals surface area contributed by atoms with Crippen LogP contribution in [0.15, 0.2) is 39.4 Å². The van der Waals surface area contributed by atoms with Gasteiger partial charge in [0.25, 0.3) is 11.8 Å². The molecule has 2 N–H and O–H groups in total. The highest BCUT2D eigenvalue weighted by molar-refractivity contribution is 5.98. The molecule has 0 saturated carbocycles. The van der Waals surface area contributed by atoms with Crippen molar-refractivity contribution >= 4 is 17.9 Å². The van der Waals surface area contributed by atoms with Crippen LogP contribution in [0.25, 0.3) is 6.08 Å². The molecule has 0 atom stereocenters. The third-order valence-electron chi connectivity index (χ3n) is 2.53. The van der Waals surface area contributed by atoms with Crippen molar-refractivity contribution in [2.75, 3.05) is 0 Å². The largest absolute Gasteiger partial charge is 0.466 e. The second-order valence-electron chi connectivity index (χ2n) is 4.12. The number of carbonyl (C=O) groups excluding carboxylic acids is 2. The number of furan rings is 2. The minimum Gasteiger partial charge on any atom is -0.466 e. The van der Waals surface area contributed by atoms with Gasteiger partial charge in [0.15, 0.2) is 0 Å². The van der Waals surface area contributed by atoms with Gasteiger partial charge in [-0.3, -0.25) is 20.4 Å². The number of amides is 2. The normalized spacial score (nSPS) is 10.7. The third kappa shape index (κ3) is 3.38. The predicted octanol–water partition coefficient (Wildman–Crippen LogP) is 1.96. The summed E-state index contributed by atoms with van der Waals surface area (Å²) in [5.74, 6) is 0.788. The van der Waals surface area contributed by atoms with Crippen LogP contribution in [0, 0.1) is 13.8 Å². The van der Waals surface area contributed by atoms with E-state index in [1.54, 1.807) is 32.0 Å². The van der Waals surface area contributed by atoms with E-state index in [4.69, 9.17) is 8.83 Å². The van der Waals surface area contributed by atoms with Crippen LogP contribution < -0.4 is 10.9 Å². The summed E-state index contributed by atoms with van der Waals surface area (Å²) < 4.78 is 10.3. The number of carbonyl (C=O) groups is 2. The van der Waals surface area contributed by atoms with Gasteiger partial charge >= 0.3 is 0 Å². The Kier molecular flexibility index (Phi) is 4.05. The first-order valence-corrected chi connectivity index (χ1v) is 5.95. The molecule has 0 unspecified atom stereocenters. The van der Waals surface area contributed by atoms with Crippen LogP contribution in [0.5, 0.6) is 0 Å². The third-order valence-corrected chi connectivity index (χ3v) is 2.53. The van der Waals surface area contributed by atoms with Crippen molar-refractivity contribution in [2.45, 2.75) is 13.8 Å². The zero-order valence-electron chi connectivity index (χ0n) is 11.1. The van der Waals surface area contributed by atoms with Crippen molar-refractivity contribution in [3.63, 3.8) is 0 Å². The zero-order valence-corrected chi connectivity index (χ0v) is 11.1. The lowest BCUT2D eigenvalue weighted by atomic mass is 10.2. The van der Waals surface area contributed by atoms with Gasteiger partial charge in [0.1, 0.15) is 17.3 Å². The molecule has 6 heteroatoms. The summed E-state index contributed by atoms with van der Waals surface area (Å²) in [7, 11) is 0. The Balaban J connectivity index is 1.87. The summed E-state index contributed by atoms with van der Waals surface area (Å²) in [6, 6.07) is 5.03. The average molecular weight is 274 g/mol. The maximum absolute atomic E-state index is 11.8. The van der Waals surface area contributed by atoms with Crippen LogP contribution in [0.2, 0.25) is 0 Å². The van der Waals surface area contributed by atoms with E-state index in [9.17, 15) is 9.59 Å². The van der Waals surface area contributed by atoms with Crippen LogP contribution in [0.1, 0.15) is 27.6 Å². The molecule has 2 aromatic heterocycles. The highest BCUT2D eigenvalue weighted by atomic mass is 16.3. The van der Waals surface area contributed by atoms with Gasteiger partial charge in [0.2, 0.25) is 0 Å². The van der Waals surface area contributed by atoms with Gasteiger partial charge in [0, 0.05) is 6.08 Å². The quantitative estimate of drug-likeness (QED) is 0.662. The Labute approximate surface area is 115 Å². The molecule has 0 bridgehead atoms. The van der Waals surface area contributed by atoms with Crippen LogP contribution in [0.3, 0.4) is 0 Å². The fourth-order valence-corrected chi connectivity index (χ4v) is 1.63. The molecular formula is C14H14N2O4. The van der Waals surface area contributed by atoms with E-state index < -0.39 is 11.8 Å². The van der Waals surface area contributed by atoms with E-state index in [2.05, 4.69) is 10.9 Å². The molecule has 0 aliphatic carbocycles. The molecule has 0 radical (unpaired) electrons. The van der Waals surface area contributed by atoms with Gasteiger partial charge in [-0.1, -0.05) is 0 Å². The second kappa shape index (κ2) is 5.92. The SMILES string of the molecule is Cc1cc(C(=O)NNC(=O)C=Cc2ccco2)c(C)o1. The fourth-order valence-electron chi connectivity index (χ4n) is 1.63. The van der Waals surface area contributed by atoms with Crippen LogP contribution in [0.4, 0.5) is 0 Å². The Morgan fingerprint density at radius 2 is 2.05 bits per heavy atom. The number of hydrogen-bond acceptors (Lipinski definition) is 4. The maximum atomic E-state index is 11.8. The predicted molar refractivity (Wildman–Crippen MR) is 71.5 cm³/mol. The minimum absolute atomic E-state index is 0.387. The molecule has 2 amide bonds. The first-order valence-electron chi connectivity index (χ1n) is 5.95. The molecule has 0 spiro atoms. The average Bonchev–Trinajstić information content (AvgIpc) is 3.03. The Morgan fingerprint density at radius 3 is 2.65 bits per heavy atom. The van der Waals surface area contributed by atoms with Crippen LogP contribution in [-0.2, 0) is 4.79 Å². The van der Waals surface area contributed by atoms with E-state index in [0.29, 0.717) is 22.8 Å². The first kappa shape index (κ1) is 13.7. The standard InChI is InChI=1S/C14H14N2O4/c1-9-8-12(10(2)20-9)14(18)16-15-13(17)6-5-11-4-3-7-19-11/h3-8H,1-2H3,(H,15,17)(H,16,18). The fraction of sp³-hybridized carbons (Fsp3) is 0.143. The van der Waals surface area contributed by atoms with Crippen molar-refractivity contribution in [1.29, 1.82) is 0 Å². The Morgan fingerprint density at radius 1 is 1.25 bits per heavy atom. The number of hydrazine groups is 1. The monoisotopic (exact) mass is 274 g/mol. The van der Waals surface area contributed by atoms with Gasteiger partial charge < -0.3 is 8.83 Å². The van der Waals surface area contributed by atoms with E-state index in [1.807, 2.05) is 0 Å². The molecule has 6 nitrogen and oxygen atoms in total. The summed E-state index contributed by atoms with van der Waals surface area (Å²) >= 11 is 0. The molecule has 0 aliphatic heterocycles. The lowest BCUT2D eigenvalue weighted by Gasteiger charge is -2.03. The van der Waals surface area contributed by atoms with Gasteiger partial charge in [0.05, 0.1) is 11.8 Å². The van der Waals surface area contributed by atoms with Crippen molar-refractivity contribution < 1.29 is 18.4 Å². The molecule has 0 saturated heterocycles. The number of nitrogens with one attached hydrogen (secondary N) is 2. The van der Waals surface area contributed by atoms with Crippen LogP contribution in [-0.4, -0.2) is 11.8 Å². The van der Waals surface area contributed by atoms with Crippen molar-refractivity contribution in [3.05, 3.63) is 53.4 Å². The number of rotatable bonds is 3. The molecule has 20 heavy (non-hydrogen) atoms. The molecule has 2 heterocycles. The maximum Gasteiger partial charge on any atom is 0.273 e. The number of hydrogen-bond donors (Lipinski definition) is 2. The highest BCUT2D eigenvalue weighted by Crippen LogP contribution is 2.12. The molecule has 0 aliphatic rings. The second-order valence-corrected chi connectivity index (χ2v) is 4.12.